The second-order valence-electron chi connectivity index (χ2n) is 4.89. The molecular formula is C17H16FNO3. The summed E-state index contributed by atoms with van der Waals surface area (Å²) in [5.41, 5.74) is 2.44. The van der Waals surface area contributed by atoms with Gasteiger partial charge in [0.05, 0.1) is 0 Å². The fourth-order valence-electron chi connectivity index (χ4n) is 1.86. The van der Waals surface area contributed by atoms with Gasteiger partial charge in [-0.2, -0.15) is 0 Å². The van der Waals surface area contributed by atoms with Crippen LogP contribution in [0.15, 0.2) is 42.5 Å². The van der Waals surface area contributed by atoms with Crippen LogP contribution < -0.4 is 5.32 Å². The van der Waals surface area contributed by atoms with E-state index in [1.165, 1.54) is 19.1 Å². The molecule has 0 bridgehead atoms. The van der Waals surface area contributed by atoms with Crippen molar-refractivity contribution in [2.75, 3.05) is 5.32 Å². The number of ether oxygens (including phenoxy) is 1. The molecular weight excluding hydrogens is 285 g/mol. The second kappa shape index (κ2) is 6.85. The molecule has 0 fully saturated rings. The highest BCUT2D eigenvalue weighted by molar-refractivity contribution is 6.04. The molecule has 0 saturated heterocycles. The number of anilines is 1. The van der Waals surface area contributed by atoms with E-state index in [1.54, 1.807) is 37.3 Å². The zero-order chi connectivity index (χ0) is 16.1. The van der Waals surface area contributed by atoms with E-state index in [-0.39, 0.29) is 18.5 Å². The Hall–Kier alpha value is -2.69. The first kappa shape index (κ1) is 15.7. The standard InChI is InChI=1S/C17H16FNO3/c1-11-3-8-15(18)9-16(11)19-17(21)14-6-4-13(5-7-14)10-22-12(2)20/h3-9H,10H2,1-2H3,(H,19,21). The molecule has 0 saturated carbocycles. The Morgan fingerprint density at radius 1 is 1.14 bits per heavy atom. The van der Waals surface area contributed by atoms with Gasteiger partial charge < -0.3 is 10.1 Å². The van der Waals surface area contributed by atoms with Crippen molar-refractivity contribution in [3.8, 4) is 0 Å². The van der Waals surface area contributed by atoms with Gasteiger partial charge in [-0.3, -0.25) is 9.59 Å². The van der Waals surface area contributed by atoms with E-state index in [1.807, 2.05) is 0 Å². The van der Waals surface area contributed by atoms with E-state index in [0.717, 1.165) is 11.1 Å². The number of carbonyl (C=O) groups is 2. The summed E-state index contributed by atoms with van der Waals surface area (Å²) >= 11 is 0. The number of hydrogen-bond acceptors (Lipinski definition) is 3. The molecule has 22 heavy (non-hydrogen) atoms. The summed E-state index contributed by atoms with van der Waals surface area (Å²) in [5.74, 6) is -1.09. The van der Waals surface area contributed by atoms with Crippen LogP contribution in [-0.2, 0) is 16.1 Å². The number of nitrogens with one attached hydrogen (secondary N) is 1. The summed E-state index contributed by atoms with van der Waals surface area (Å²) in [6, 6.07) is 10.9. The fourth-order valence-corrected chi connectivity index (χ4v) is 1.86. The van der Waals surface area contributed by atoms with E-state index in [0.29, 0.717) is 11.3 Å². The van der Waals surface area contributed by atoms with Gasteiger partial charge in [0.15, 0.2) is 0 Å². The molecule has 0 spiro atoms. The van der Waals surface area contributed by atoms with Crippen LogP contribution in [0.4, 0.5) is 10.1 Å². The summed E-state index contributed by atoms with van der Waals surface area (Å²) in [7, 11) is 0. The summed E-state index contributed by atoms with van der Waals surface area (Å²) in [5, 5.41) is 2.67. The number of rotatable bonds is 4. The van der Waals surface area contributed by atoms with Gasteiger partial charge in [0.1, 0.15) is 12.4 Å². The van der Waals surface area contributed by atoms with Gasteiger partial charge in [-0.05, 0) is 42.3 Å². The van der Waals surface area contributed by atoms with Crippen molar-refractivity contribution in [2.24, 2.45) is 0 Å². The molecule has 0 atom stereocenters. The number of benzene rings is 2. The lowest BCUT2D eigenvalue weighted by molar-refractivity contribution is -0.142. The summed E-state index contributed by atoms with van der Waals surface area (Å²) < 4.78 is 18.1. The molecule has 0 heterocycles. The molecule has 0 aliphatic heterocycles. The normalized spacial score (nSPS) is 10.1. The Labute approximate surface area is 127 Å². The Kier molecular flexibility index (Phi) is 4.88. The molecule has 0 aliphatic rings. The molecule has 0 aromatic heterocycles. The Balaban J connectivity index is 2.06. The molecule has 5 heteroatoms. The Morgan fingerprint density at radius 2 is 1.82 bits per heavy atom. The highest BCUT2D eigenvalue weighted by Crippen LogP contribution is 2.17. The van der Waals surface area contributed by atoms with Crippen LogP contribution in [0.1, 0.15) is 28.4 Å². The van der Waals surface area contributed by atoms with E-state index >= 15 is 0 Å². The average Bonchev–Trinajstić information content (AvgIpc) is 2.49. The number of esters is 1. The van der Waals surface area contributed by atoms with Crippen molar-refractivity contribution in [1.82, 2.24) is 0 Å². The second-order valence-corrected chi connectivity index (χ2v) is 4.89. The minimum Gasteiger partial charge on any atom is -0.461 e. The monoisotopic (exact) mass is 301 g/mol. The van der Waals surface area contributed by atoms with E-state index in [4.69, 9.17) is 4.74 Å². The van der Waals surface area contributed by atoms with Crippen molar-refractivity contribution in [1.29, 1.82) is 0 Å². The van der Waals surface area contributed by atoms with Gasteiger partial charge in [0, 0.05) is 18.2 Å². The predicted octanol–water partition coefficient (Wildman–Crippen LogP) is 3.45. The molecule has 0 unspecified atom stereocenters. The lowest BCUT2D eigenvalue weighted by Crippen LogP contribution is -2.13. The highest BCUT2D eigenvalue weighted by Gasteiger charge is 2.09. The summed E-state index contributed by atoms with van der Waals surface area (Å²) in [6.45, 7) is 3.29. The number of amides is 1. The first-order valence-corrected chi connectivity index (χ1v) is 6.75. The van der Waals surface area contributed by atoms with Crippen LogP contribution in [0.5, 0.6) is 0 Å². The number of hydrogen-bond donors (Lipinski definition) is 1. The highest BCUT2D eigenvalue weighted by atomic mass is 19.1. The average molecular weight is 301 g/mol. The van der Waals surface area contributed by atoms with Crippen molar-refractivity contribution in [3.05, 3.63) is 65.0 Å². The zero-order valence-corrected chi connectivity index (χ0v) is 12.4. The number of carbonyl (C=O) groups excluding carboxylic acids is 2. The summed E-state index contributed by atoms with van der Waals surface area (Å²) in [6.07, 6.45) is 0. The Morgan fingerprint density at radius 3 is 2.45 bits per heavy atom. The largest absolute Gasteiger partial charge is 0.461 e. The SMILES string of the molecule is CC(=O)OCc1ccc(C(=O)Nc2cc(F)ccc2C)cc1. The lowest BCUT2D eigenvalue weighted by Gasteiger charge is -2.09. The smallest absolute Gasteiger partial charge is 0.302 e. The first-order chi connectivity index (χ1) is 10.5. The molecule has 2 rings (SSSR count). The van der Waals surface area contributed by atoms with Gasteiger partial charge in [-0.1, -0.05) is 18.2 Å². The van der Waals surface area contributed by atoms with Gasteiger partial charge in [-0.25, -0.2) is 4.39 Å². The van der Waals surface area contributed by atoms with E-state index < -0.39 is 5.82 Å². The van der Waals surface area contributed by atoms with Crippen LogP contribution in [0.25, 0.3) is 0 Å². The van der Waals surface area contributed by atoms with Crippen LogP contribution in [-0.4, -0.2) is 11.9 Å². The molecule has 114 valence electrons. The maximum atomic E-state index is 13.2. The van der Waals surface area contributed by atoms with Gasteiger partial charge in [0.2, 0.25) is 0 Å². The Bertz CT molecular complexity index is 696. The van der Waals surface area contributed by atoms with Gasteiger partial charge in [-0.15, -0.1) is 0 Å². The molecule has 0 radical (unpaired) electrons. The van der Waals surface area contributed by atoms with Crippen molar-refractivity contribution < 1.29 is 18.7 Å². The van der Waals surface area contributed by atoms with E-state index in [9.17, 15) is 14.0 Å². The van der Waals surface area contributed by atoms with Crippen molar-refractivity contribution in [3.63, 3.8) is 0 Å². The van der Waals surface area contributed by atoms with Crippen molar-refractivity contribution in [2.45, 2.75) is 20.5 Å². The maximum Gasteiger partial charge on any atom is 0.302 e. The molecule has 0 aliphatic carbocycles. The molecule has 1 N–H and O–H groups in total. The maximum absolute atomic E-state index is 13.2. The van der Waals surface area contributed by atoms with Crippen LogP contribution in [0.2, 0.25) is 0 Å². The van der Waals surface area contributed by atoms with Crippen molar-refractivity contribution >= 4 is 17.6 Å². The molecule has 1 amide bonds. The zero-order valence-electron chi connectivity index (χ0n) is 12.4. The predicted molar refractivity (Wildman–Crippen MR) is 81.0 cm³/mol. The molecule has 2 aromatic carbocycles. The minimum absolute atomic E-state index is 0.167. The van der Waals surface area contributed by atoms with Crippen LogP contribution in [0.3, 0.4) is 0 Å². The topological polar surface area (TPSA) is 55.4 Å². The number of aryl methyl sites for hydroxylation is 1. The minimum atomic E-state index is -0.405. The van der Waals surface area contributed by atoms with Gasteiger partial charge >= 0.3 is 5.97 Å². The fraction of sp³-hybridized carbons (Fsp3) is 0.176. The quantitative estimate of drug-likeness (QED) is 0.880. The van der Waals surface area contributed by atoms with Crippen LogP contribution in [0, 0.1) is 12.7 Å². The first-order valence-electron chi connectivity index (χ1n) is 6.75. The third-order valence-corrected chi connectivity index (χ3v) is 3.11. The third-order valence-electron chi connectivity index (χ3n) is 3.11. The molecule has 4 nitrogen and oxygen atoms in total. The summed E-state index contributed by atoms with van der Waals surface area (Å²) in [4.78, 5) is 22.9. The number of halogens is 1. The lowest BCUT2D eigenvalue weighted by atomic mass is 10.1. The third kappa shape index (κ3) is 4.15. The van der Waals surface area contributed by atoms with E-state index in [2.05, 4.69) is 5.32 Å². The molecule has 2 aromatic rings. The van der Waals surface area contributed by atoms with Crippen LogP contribution >= 0.6 is 0 Å². The van der Waals surface area contributed by atoms with Gasteiger partial charge in [0.25, 0.3) is 5.91 Å².